The summed E-state index contributed by atoms with van der Waals surface area (Å²) in [5.41, 5.74) is -2.82. The maximum atomic E-state index is 12.8. The number of esters is 1. The molecule has 0 aliphatic carbocycles. The Bertz CT molecular complexity index is 718. The molecular formula is C20H41N3O6S. The fourth-order valence-electron chi connectivity index (χ4n) is 2.54. The molecule has 0 aliphatic heterocycles. The van der Waals surface area contributed by atoms with E-state index in [0.717, 1.165) is 4.31 Å². The van der Waals surface area contributed by atoms with Crippen LogP contribution in [0, 0.1) is 10.8 Å². The molecule has 0 spiro atoms. The van der Waals surface area contributed by atoms with Gasteiger partial charge in [-0.3, -0.25) is 9.59 Å². The summed E-state index contributed by atoms with van der Waals surface area (Å²) in [5.74, 6) is -0.970. The first-order valence-corrected chi connectivity index (χ1v) is 11.5. The van der Waals surface area contributed by atoms with E-state index in [2.05, 4.69) is 5.32 Å². The number of nitrogens with zero attached hydrogens (tertiary/aromatic N) is 2. The second-order valence-electron chi connectivity index (χ2n) is 9.49. The number of rotatable bonds is 11. The lowest BCUT2D eigenvalue weighted by atomic mass is 9.67. The van der Waals surface area contributed by atoms with Gasteiger partial charge in [-0.15, -0.1) is 0 Å². The van der Waals surface area contributed by atoms with E-state index in [1.807, 2.05) is 20.8 Å². The van der Waals surface area contributed by atoms with Gasteiger partial charge in [-0.25, -0.2) is 0 Å². The van der Waals surface area contributed by atoms with E-state index in [1.54, 1.807) is 34.6 Å². The summed E-state index contributed by atoms with van der Waals surface area (Å²) < 4.78 is 32.8. The third-order valence-corrected chi connectivity index (χ3v) is 8.79. The van der Waals surface area contributed by atoms with E-state index in [1.165, 1.54) is 25.5 Å². The number of hydrogen-bond donors (Lipinski definition) is 2. The summed E-state index contributed by atoms with van der Waals surface area (Å²) in [6.45, 7) is 13.4. The summed E-state index contributed by atoms with van der Waals surface area (Å²) in [5, 5.41) is 13.2. The van der Waals surface area contributed by atoms with Crippen LogP contribution in [0.1, 0.15) is 61.8 Å². The molecule has 0 aliphatic rings. The van der Waals surface area contributed by atoms with Crippen LogP contribution in [0.15, 0.2) is 0 Å². The van der Waals surface area contributed by atoms with Gasteiger partial charge >= 0.3 is 5.97 Å². The number of hydrogen-bond acceptors (Lipinski definition) is 6. The van der Waals surface area contributed by atoms with Crippen molar-refractivity contribution in [2.75, 3.05) is 27.7 Å². The van der Waals surface area contributed by atoms with Crippen LogP contribution in [-0.2, 0) is 24.5 Å². The molecule has 0 fully saturated rings. The molecule has 178 valence electrons. The number of methoxy groups -OCH3 is 1. The van der Waals surface area contributed by atoms with Crippen molar-refractivity contribution in [1.82, 2.24) is 13.9 Å². The van der Waals surface area contributed by atoms with E-state index >= 15 is 0 Å². The molecule has 10 heteroatoms. The lowest BCUT2D eigenvalue weighted by Crippen LogP contribution is -2.56. The number of aliphatic hydroxyl groups is 1. The van der Waals surface area contributed by atoms with Crippen molar-refractivity contribution in [1.29, 1.82) is 0 Å². The van der Waals surface area contributed by atoms with Gasteiger partial charge in [0, 0.05) is 26.2 Å². The second kappa shape index (κ2) is 9.93. The summed E-state index contributed by atoms with van der Waals surface area (Å²) in [4.78, 5) is 24.9. The van der Waals surface area contributed by atoms with Gasteiger partial charge in [0.1, 0.15) is 0 Å². The molecule has 0 heterocycles. The predicted molar refractivity (Wildman–Crippen MR) is 117 cm³/mol. The quantitative estimate of drug-likeness (QED) is 0.459. The first kappa shape index (κ1) is 28.8. The molecule has 0 aromatic heterocycles. The van der Waals surface area contributed by atoms with Gasteiger partial charge in [-0.1, -0.05) is 6.92 Å². The molecule has 0 saturated heterocycles. The summed E-state index contributed by atoms with van der Waals surface area (Å²) in [6.07, 6.45) is -0.527. The van der Waals surface area contributed by atoms with Crippen LogP contribution in [0.2, 0.25) is 0 Å². The monoisotopic (exact) mass is 451 g/mol. The van der Waals surface area contributed by atoms with Crippen LogP contribution in [-0.4, -0.2) is 79.4 Å². The molecule has 0 saturated carbocycles. The number of aliphatic hydroxyl groups excluding tert-OH is 1. The van der Waals surface area contributed by atoms with Crippen molar-refractivity contribution >= 4 is 22.1 Å². The number of nitrogens with one attached hydrogen (secondary N) is 1. The topological polar surface area (TPSA) is 116 Å². The molecule has 2 N–H and O–H groups in total. The van der Waals surface area contributed by atoms with Crippen molar-refractivity contribution in [2.45, 2.75) is 79.5 Å². The minimum atomic E-state index is -3.80. The van der Waals surface area contributed by atoms with Gasteiger partial charge in [0.2, 0.25) is 5.91 Å². The van der Waals surface area contributed by atoms with Gasteiger partial charge in [0.05, 0.1) is 30.1 Å². The number of amides is 1. The van der Waals surface area contributed by atoms with Gasteiger partial charge in [0.15, 0.2) is 0 Å². The molecule has 0 bridgehead atoms. The lowest BCUT2D eigenvalue weighted by molar-refractivity contribution is -0.163. The zero-order valence-electron chi connectivity index (χ0n) is 20.4. The third kappa shape index (κ3) is 5.93. The van der Waals surface area contributed by atoms with Crippen LogP contribution in [0.25, 0.3) is 0 Å². The molecule has 2 unspecified atom stereocenters. The van der Waals surface area contributed by atoms with Gasteiger partial charge < -0.3 is 15.2 Å². The Hall–Kier alpha value is -1.23. The Morgan fingerprint density at radius 2 is 1.53 bits per heavy atom. The standard InChI is InChI=1S/C20H41N3O6S/c1-12-18(3,4)23(10)30(27,28)22(9)13-15(24)14(2)21-16(25)19(5,6)20(7,8)17(26)29-11/h14-15,24H,12-13H2,1-11H3,(H,21,25). The van der Waals surface area contributed by atoms with Crippen molar-refractivity contribution in [3.05, 3.63) is 0 Å². The third-order valence-electron chi connectivity index (χ3n) is 6.66. The van der Waals surface area contributed by atoms with E-state index in [0.29, 0.717) is 6.42 Å². The molecule has 0 radical (unpaired) electrons. The van der Waals surface area contributed by atoms with Gasteiger partial charge in [-0.2, -0.15) is 17.0 Å². The zero-order chi connectivity index (χ0) is 24.3. The second-order valence-corrected chi connectivity index (χ2v) is 11.6. The fraction of sp³-hybridized carbons (Fsp3) is 0.900. The highest BCUT2D eigenvalue weighted by atomic mass is 32.2. The first-order chi connectivity index (χ1) is 13.3. The summed E-state index contributed by atoms with van der Waals surface area (Å²) in [6, 6.07) is -0.743. The van der Waals surface area contributed by atoms with E-state index in [-0.39, 0.29) is 6.54 Å². The van der Waals surface area contributed by atoms with Gasteiger partial charge in [0.25, 0.3) is 10.2 Å². The molecule has 0 aromatic rings. The molecule has 2 atom stereocenters. The zero-order valence-corrected chi connectivity index (χ0v) is 21.2. The highest BCUT2D eigenvalue weighted by Crippen LogP contribution is 2.39. The Morgan fingerprint density at radius 3 is 1.93 bits per heavy atom. The summed E-state index contributed by atoms with van der Waals surface area (Å²) in [7, 11) is 0.355. The molecule has 9 nitrogen and oxygen atoms in total. The Morgan fingerprint density at radius 1 is 1.07 bits per heavy atom. The van der Waals surface area contributed by atoms with Crippen molar-refractivity contribution < 1.29 is 27.9 Å². The minimum absolute atomic E-state index is 0.200. The molecule has 1 amide bonds. The van der Waals surface area contributed by atoms with Crippen LogP contribution in [0.5, 0.6) is 0 Å². The van der Waals surface area contributed by atoms with Crippen LogP contribution >= 0.6 is 0 Å². The Labute approximate surface area is 182 Å². The highest BCUT2D eigenvalue weighted by molar-refractivity contribution is 7.86. The Balaban J connectivity index is 5.30. The van der Waals surface area contributed by atoms with Crippen molar-refractivity contribution in [2.24, 2.45) is 10.8 Å². The fourth-order valence-corrected chi connectivity index (χ4v) is 4.05. The predicted octanol–water partition coefficient (Wildman–Crippen LogP) is 1.37. The van der Waals surface area contributed by atoms with E-state index in [4.69, 9.17) is 4.74 Å². The number of carbonyl (C=O) groups excluding carboxylic acids is 2. The van der Waals surface area contributed by atoms with Crippen molar-refractivity contribution in [3.63, 3.8) is 0 Å². The summed E-state index contributed by atoms with van der Waals surface area (Å²) >= 11 is 0. The molecule has 0 rings (SSSR count). The minimum Gasteiger partial charge on any atom is -0.469 e. The first-order valence-electron chi connectivity index (χ1n) is 10.1. The number of ether oxygens (including phenoxy) is 1. The largest absolute Gasteiger partial charge is 0.469 e. The van der Waals surface area contributed by atoms with Crippen molar-refractivity contribution in [3.8, 4) is 0 Å². The van der Waals surface area contributed by atoms with Crippen LogP contribution in [0.4, 0.5) is 0 Å². The smallest absolute Gasteiger partial charge is 0.312 e. The van der Waals surface area contributed by atoms with Crippen LogP contribution in [0.3, 0.4) is 0 Å². The SMILES string of the molecule is CCC(C)(C)N(C)S(=O)(=O)N(C)CC(O)C(C)NC(=O)C(C)(C)C(C)(C)C(=O)OC. The van der Waals surface area contributed by atoms with E-state index < -0.39 is 50.6 Å². The number of carbonyl (C=O) groups is 2. The normalized spacial score (nSPS) is 15.8. The van der Waals surface area contributed by atoms with E-state index in [9.17, 15) is 23.1 Å². The maximum absolute atomic E-state index is 12.8. The molecule has 0 aromatic carbocycles. The van der Waals surface area contributed by atoms with Crippen LogP contribution < -0.4 is 5.32 Å². The molecule has 30 heavy (non-hydrogen) atoms. The lowest BCUT2D eigenvalue weighted by Gasteiger charge is -2.39. The average molecular weight is 452 g/mol. The Kier molecular flexibility index (Phi) is 9.52. The highest BCUT2D eigenvalue weighted by Gasteiger charge is 2.49. The molecular weight excluding hydrogens is 410 g/mol. The average Bonchev–Trinajstić information content (AvgIpc) is 2.65. The number of likely N-dealkylation sites (N-methyl/N-ethyl adjacent to an activating group) is 1. The van der Waals surface area contributed by atoms with Gasteiger partial charge in [-0.05, 0) is 54.9 Å². The maximum Gasteiger partial charge on any atom is 0.312 e.